The second-order valence-corrected chi connectivity index (χ2v) is 18.0. The minimum atomic E-state index is -0.273. The predicted molar refractivity (Wildman–Crippen MR) is 173 cm³/mol. The zero-order valence-corrected chi connectivity index (χ0v) is 27.3. The number of hydrogen-bond donors (Lipinski definition) is 0. The zero-order chi connectivity index (χ0) is 26.0. The fraction of sp³-hybridized carbons (Fsp3) is 0.611. The Morgan fingerprint density at radius 3 is 1.49 bits per heavy atom. The van der Waals surface area contributed by atoms with E-state index in [9.17, 15) is 0 Å². The second kappa shape index (κ2) is 17.1. The van der Waals surface area contributed by atoms with Crippen LogP contribution >= 0.6 is 15.8 Å². The molecule has 3 heteroatoms. The summed E-state index contributed by atoms with van der Waals surface area (Å²) >= 11 is 0. The molecule has 0 saturated heterocycles. The largest absolute Gasteiger partial charge is 0.0971 e. The summed E-state index contributed by atoms with van der Waals surface area (Å²) in [7, 11) is -0.121. The Balaban J connectivity index is 0.000000530. The summed E-state index contributed by atoms with van der Waals surface area (Å²) in [5, 5.41) is 3.23. The van der Waals surface area contributed by atoms with Crippen molar-refractivity contribution in [2.45, 2.75) is 132 Å². The zero-order valence-electron chi connectivity index (χ0n) is 24.4. The van der Waals surface area contributed by atoms with Gasteiger partial charge in [0.25, 0.3) is 0 Å². The summed E-state index contributed by atoms with van der Waals surface area (Å²) in [5.41, 5.74) is 3.98. The van der Waals surface area contributed by atoms with Crippen molar-refractivity contribution in [3.05, 3.63) is 73.5 Å². The van der Waals surface area contributed by atoms with E-state index in [1.807, 2.05) is 0 Å². The van der Waals surface area contributed by atoms with Crippen molar-refractivity contribution in [2.75, 3.05) is 0 Å². The third-order valence-electron chi connectivity index (χ3n) is 9.92. The standard InChI is InChI=1S/C31H44P2.C5H8.Fe/c1-25(32(26-15-6-2-7-16-26)27-17-8-3-9-18-27)30-23-14-24-31(30)33(28-19-10-4-11-20-28)29-21-12-5-13-22-29;1-2-4-5-3-1;/h4-5,10-13,19-22,25-27,30-31H,2-3,6-9,14-18,23-24H2,1H3;1-2H,3-5H2;. The monoisotopic (exact) mass is 602 g/mol. The molecule has 0 spiro atoms. The van der Waals surface area contributed by atoms with E-state index in [2.05, 4.69) is 80.4 Å². The van der Waals surface area contributed by atoms with Gasteiger partial charge >= 0.3 is 0 Å². The predicted octanol–water partition coefficient (Wildman–Crippen LogP) is 10.4. The molecule has 214 valence electrons. The molecule has 0 bridgehead atoms. The third kappa shape index (κ3) is 8.67. The van der Waals surface area contributed by atoms with Crippen LogP contribution in [-0.4, -0.2) is 22.6 Å². The molecule has 4 aliphatic rings. The van der Waals surface area contributed by atoms with Crippen LogP contribution in [0.1, 0.15) is 110 Å². The van der Waals surface area contributed by atoms with Gasteiger partial charge in [0.15, 0.2) is 0 Å². The van der Waals surface area contributed by atoms with Gasteiger partial charge in [-0.3, -0.25) is 0 Å². The smallest absolute Gasteiger partial charge is 0 e. The van der Waals surface area contributed by atoms with Crippen molar-refractivity contribution in [1.29, 1.82) is 0 Å². The summed E-state index contributed by atoms with van der Waals surface area (Å²) in [6, 6.07) is 23.2. The minimum Gasteiger partial charge on any atom is -0.0971 e. The van der Waals surface area contributed by atoms with Gasteiger partial charge in [-0.1, -0.05) is 127 Å². The molecular weight excluding hydrogens is 550 g/mol. The molecule has 3 atom stereocenters. The van der Waals surface area contributed by atoms with Crippen LogP contribution in [-0.2, 0) is 17.1 Å². The Labute approximate surface area is 254 Å². The molecule has 2 aromatic rings. The van der Waals surface area contributed by atoms with E-state index in [1.54, 1.807) is 36.3 Å². The minimum absolute atomic E-state index is 0. The molecule has 0 heterocycles. The quantitative estimate of drug-likeness (QED) is 0.219. The normalized spacial score (nSPS) is 25.2. The molecule has 2 radical (unpaired) electrons. The molecule has 0 aromatic heterocycles. The molecule has 4 saturated carbocycles. The molecule has 39 heavy (non-hydrogen) atoms. The van der Waals surface area contributed by atoms with E-state index < -0.39 is 0 Å². The Hall–Kier alpha value is -0.181. The average Bonchev–Trinajstić information content (AvgIpc) is 3.72. The van der Waals surface area contributed by atoms with Gasteiger partial charge in [-0.15, -0.1) is 0 Å². The van der Waals surface area contributed by atoms with Gasteiger partial charge in [0.2, 0.25) is 0 Å². The maximum atomic E-state index is 2.75. The van der Waals surface area contributed by atoms with Crippen LogP contribution in [0.25, 0.3) is 0 Å². The van der Waals surface area contributed by atoms with Crippen molar-refractivity contribution in [3.63, 3.8) is 0 Å². The fourth-order valence-electron chi connectivity index (χ4n) is 8.09. The van der Waals surface area contributed by atoms with Gasteiger partial charge < -0.3 is 0 Å². The summed E-state index contributed by atoms with van der Waals surface area (Å²) in [4.78, 5) is 0. The van der Waals surface area contributed by atoms with Crippen LogP contribution in [0.4, 0.5) is 0 Å². The summed E-state index contributed by atoms with van der Waals surface area (Å²) in [6.07, 6.45) is 28.1. The Bertz CT molecular complexity index is 837. The number of benzene rings is 2. The first-order valence-electron chi connectivity index (χ1n) is 16.1. The SMILES string of the molecule is CC(C1CCCC1P(c1ccccc1)c1ccccc1)P(C1CCCCC1)C1CCCCC1.[CH]1[CH]CCC1.[Fe]. The van der Waals surface area contributed by atoms with Crippen molar-refractivity contribution in [2.24, 2.45) is 5.92 Å². The van der Waals surface area contributed by atoms with Crippen LogP contribution in [0.3, 0.4) is 0 Å². The Kier molecular flexibility index (Phi) is 13.9. The summed E-state index contributed by atoms with van der Waals surface area (Å²) in [6.45, 7) is 2.75. The first kappa shape index (κ1) is 31.7. The Morgan fingerprint density at radius 1 is 0.564 bits per heavy atom. The van der Waals surface area contributed by atoms with Gasteiger partial charge in [0.05, 0.1) is 0 Å². The molecule has 2 aromatic carbocycles. The van der Waals surface area contributed by atoms with Crippen LogP contribution in [0, 0.1) is 18.8 Å². The molecule has 6 rings (SSSR count). The van der Waals surface area contributed by atoms with Crippen LogP contribution in [0.5, 0.6) is 0 Å². The van der Waals surface area contributed by atoms with Gasteiger partial charge in [-0.25, -0.2) is 0 Å². The van der Waals surface area contributed by atoms with E-state index in [4.69, 9.17) is 0 Å². The van der Waals surface area contributed by atoms with E-state index in [-0.39, 0.29) is 32.9 Å². The van der Waals surface area contributed by atoms with E-state index in [0.717, 1.165) is 28.6 Å². The molecule has 4 aliphatic carbocycles. The number of hydrogen-bond acceptors (Lipinski definition) is 0. The van der Waals surface area contributed by atoms with Crippen molar-refractivity contribution < 1.29 is 17.1 Å². The van der Waals surface area contributed by atoms with E-state index >= 15 is 0 Å². The first-order valence-corrected chi connectivity index (χ1v) is 19.1. The molecular formula is C36H52FeP2. The van der Waals surface area contributed by atoms with Gasteiger partial charge in [-0.05, 0) is 111 Å². The molecule has 3 unspecified atom stereocenters. The first-order chi connectivity index (χ1) is 18.8. The second-order valence-electron chi connectivity index (χ2n) is 12.4. The average molecular weight is 603 g/mol. The molecule has 0 nitrogen and oxygen atoms in total. The summed E-state index contributed by atoms with van der Waals surface area (Å²) < 4.78 is 0. The van der Waals surface area contributed by atoms with Crippen LogP contribution in [0.2, 0.25) is 0 Å². The maximum Gasteiger partial charge on any atom is 0 e. The van der Waals surface area contributed by atoms with Gasteiger partial charge in [0, 0.05) is 17.1 Å². The molecule has 0 amide bonds. The third-order valence-corrected chi connectivity index (χ3v) is 17.0. The van der Waals surface area contributed by atoms with Gasteiger partial charge in [0.1, 0.15) is 0 Å². The van der Waals surface area contributed by atoms with Crippen LogP contribution in [0.15, 0.2) is 60.7 Å². The van der Waals surface area contributed by atoms with Crippen molar-refractivity contribution in [3.8, 4) is 0 Å². The van der Waals surface area contributed by atoms with Crippen molar-refractivity contribution in [1.82, 2.24) is 0 Å². The van der Waals surface area contributed by atoms with Crippen molar-refractivity contribution >= 4 is 26.5 Å². The van der Waals surface area contributed by atoms with Gasteiger partial charge in [-0.2, -0.15) is 0 Å². The topological polar surface area (TPSA) is 0 Å². The molecule has 0 N–H and O–H groups in total. The van der Waals surface area contributed by atoms with E-state index in [0.29, 0.717) is 0 Å². The maximum absolute atomic E-state index is 2.75. The fourth-order valence-corrected chi connectivity index (χ4v) is 16.2. The summed E-state index contributed by atoms with van der Waals surface area (Å²) in [5.74, 6) is 0.937. The molecule has 4 fully saturated rings. The van der Waals surface area contributed by atoms with E-state index in [1.165, 1.54) is 77.0 Å². The number of rotatable bonds is 7. The Morgan fingerprint density at radius 2 is 1.05 bits per heavy atom. The molecule has 0 aliphatic heterocycles. The van der Waals surface area contributed by atoms with Crippen LogP contribution < -0.4 is 10.6 Å².